The topological polar surface area (TPSA) is 63.4 Å². The number of para-hydroxylation sites is 1. The van der Waals surface area contributed by atoms with Gasteiger partial charge in [0.25, 0.3) is 0 Å². The number of benzene rings is 1. The first-order valence-electron chi connectivity index (χ1n) is 6.57. The Hall–Kier alpha value is -1.07. The summed E-state index contributed by atoms with van der Waals surface area (Å²) in [6.07, 6.45) is 0. The average Bonchev–Trinajstić information content (AvgIpc) is 2.25. The Labute approximate surface area is 116 Å². The lowest BCUT2D eigenvalue weighted by Gasteiger charge is -2.27. The fourth-order valence-corrected chi connectivity index (χ4v) is 3.98. The zero-order chi connectivity index (χ0) is 14.6. The number of sulfonamides is 1. The molecule has 0 aliphatic carbocycles. The molecule has 0 saturated heterocycles. The molecule has 0 unspecified atom stereocenters. The van der Waals surface area contributed by atoms with E-state index in [2.05, 4.69) is 0 Å². The molecule has 0 fully saturated rings. The first kappa shape index (κ1) is 16.0. The molecule has 5 heteroatoms. The predicted molar refractivity (Wildman–Crippen MR) is 80.2 cm³/mol. The van der Waals surface area contributed by atoms with Crippen LogP contribution in [0.2, 0.25) is 0 Å². The van der Waals surface area contributed by atoms with Crippen molar-refractivity contribution < 1.29 is 8.42 Å². The maximum absolute atomic E-state index is 12.4. The monoisotopic (exact) mass is 284 g/mol. The highest BCUT2D eigenvalue weighted by Gasteiger charge is 2.26. The SMILES string of the molecule is CC(C)CS(=O)(=O)N(Cc1ccccc1N)C(C)C. The third-order valence-corrected chi connectivity index (χ3v) is 5.21. The highest BCUT2D eigenvalue weighted by molar-refractivity contribution is 7.89. The largest absolute Gasteiger partial charge is 0.398 e. The van der Waals surface area contributed by atoms with Crippen molar-refractivity contribution in [3.63, 3.8) is 0 Å². The van der Waals surface area contributed by atoms with E-state index in [4.69, 9.17) is 5.73 Å². The van der Waals surface area contributed by atoms with Crippen molar-refractivity contribution in [2.75, 3.05) is 11.5 Å². The quantitative estimate of drug-likeness (QED) is 0.816. The Morgan fingerprint density at radius 1 is 1.16 bits per heavy atom. The number of nitrogens with zero attached hydrogens (tertiary/aromatic N) is 1. The van der Waals surface area contributed by atoms with Crippen LogP contribution in [-0.4, -0.2) is 24.5 Å². The van der Waals surface area contributed by atoms with E-state index in [0.29, 0.717) is 12.2 Å². The van der Waals surface area contributed by atoms with Crippen LogP contribution in [0.15, 0.2) is 24.3 Å². The molecule has 2 N–H and O–H groups in total. The summed E-state index contributed by atoms with van der Waals surface area (Å²) in [5.41, 5.74) is 7.37. The van der Waals surface area contributed by atoms with E-state index in [1.807, 2.05) is 45.9 Å². The zero-order valence-corrected chi connectivity index (χ0v) is 12.9. The van der Waals surface area contributed by atoms with Crippen molar-refractivity contribution in [1.82, 2.24) is 4.31 Å². The average molecular weight is 284 g/mol. The summed E-state index contributed by atoms with van der Waals surface area (Å²) in [5, 5.41) is 0. The van der Waals surface area contributed by atoms with Gasteiger partial charge >= 0.3 is 0 Å². The minimum Gasteiger partial charge on any atom is -0.398 e. The Balaban J connectivity index is 3.00. The first-order valence-corrected chi connectivity index (χ1v) is 8.18. The van der Waals surface area contributed by atoms with E-state index in [1.54, 1.807) is 6.07 Å². The van der Waals surface area contributed by atoms with Gasteiger partial charge in [0.05, 0.1) is 5.75 Å². The van der Waals surface area contributed by atoms with Crippen LogP contribution < -0.4 is 5.73 Å². The number of anilines is 1. The molecule has 0 bridgehead atoms. The van der Waals surface area contributed by atoms with Gasteiger partial charge in [-0.05, 0) is 31.4 Å². The molecule has 0 aliphatic rings. The molecule has 108 valence electrons. The van der Waals surface area contributed by atoms with Crippen LogP contribution in [-0.2, 0) is 16.6 Å². The lowest BCUT2D eigenvalue weighted by atomic mass is 10.2. The molecule has 1 rings (SSSR count). The van der Waals surface area contributed by atoms with Crippen LogP contribution in [0.4, 0.5) is 5.69 Å². The fraction of sp³-hybridized carbons (Fsp3) is 0.571. The highest BCUT2D eigenvalue weighted by Crippen LogP contribution is 2.19. The zero-order valence-electron chi connectivity index (χ0n) is 12.1. The molecule has 0 heterocycles. The summed E-state index contributed by atoms with van der Waals surface area (Å²) in [6, 6.07) is 7.31. The summed E-state index contributed by atoms with van der Waals surface area (Å²) in [7, 11) is -3.26. The van der Waals surface area contributed by atoms with E-state index >= 15 is 0 Å². The van der Waals surface area contributed by atoms with Crippen molar-refractivity contribution in [3.8, 4) is 0 Å². The lowest BCUT2D eigenvalue weighted by Crippen LogP contribution is -2.39. The minimum atomic E-state index is -3.26. The molecule has 0 atom stereocenters. The summed E-state index contributed by atoms with van der Waals surface area (Å²) in [5.74, 6) is 0.275. The Morgan fingerprint density at radius 3 is 2.21 bits per heavy atom. The lowest BCUT2D eigenvalue weighted by molar-refractivity contribution is 0.346. The van der Waals surface area contributed by atoms with Crippen LogP contribution in [0.25, 0.3) is 0 Å². The molecule has 4 nitrogen and oxygen atoms in total. The number of hydrogen-bond donors (Lipinski definition) is 1. The van der Waals surface area contributed by atoms with Crippen LogP contribution in [0.1, 0.15) is 33.3 Å². The summed E-state index contributed by atoms with van der Waals surface area (Å²) >= 11 is 0. The molecule has 0 aromatic heterocycles. The molecule has 1 aromatic rings. The minimum absolute atomic E-state index is 0.0802. The third kappa shape index (κ3) is 4.51. The second kappa shape index (κ2) is 6.39. The molecule has 0 saturated carbocycles. The Bertz CT molecular complexity index is 510. The molecule has 0 amide bonds. The molecule has 0 aliphatic heterocycles. The molecule has 0 radical (unpaired) electrons. The van der Waals surface area contributed by atoms with Gasteiger partial charge in [0.15, 0.2) is 0 Å². The van der Waals surface area contributed by atoms with Crippen molar-refractivity contribution in [2.24, 2.45) is 5.92 Å². The number of hydrogen-bond acceptors (Lipinski definition) is 3. The second-order valence-corrected chi connectivity index (χ2v) is 7.48. The van der Waals surface area contributed by atoms with Crippen molar-refractivity contribution in [3.05, 3.63) is 29.8 Å². The van der Waals surface area contributed by atoms with Gasteiger partial charge in [0.2, 0.25) is 10.0 Å². The summed E-state index contributed by atoms with van der Waals surface area (Å²) in [4.78, 5) is 0. The van der Waals surface area contributed by atoms with Crippen molar-refractivity contribution in [1.29, 1.82) is 0 Å². The van der Waals surface area contributed by atoms with Gasteiger partial charge in [-0.3, -0.25) is 0 Å². The van der Waals surface area contributed by atoms with E-state index in [0.717, 1.165) is 5.56 Å². The Morgan fingerprint density at radius 2 is 1.74 bits per heavy atom. The molecule has 1 aromatic carbocycles. The van der Waals surface area contributed by atoms with Gasteiger partial charge in [-0.1, -0.05) is 32.0 Å². The number of nitrogens with two attached hydrogens (primary N) is 1. The van der Waals surface area contributed by atoms with E-state index < -0.39 is 10.0 Å². The van der Waals surface area contributed by atoms with E-state index in [9.17, 15) is 8.42 Å². The molecular weight excluding hydrogens is 260 g/mol. The van der Waals surface area contributed by atoms with Crippen LogP contribution >= 0.6 is 0 Å². The second-order valence-electron chi connectivity index (χ2n) is 5.51. The van der Waals surface area contributed by atoms with Gasteiger partial charge in [0.1, 0.15) is 0 Å². The maximum atomic E-state index is 12.4. The normalized spacial score (nSPS) is 12.6. The number of rotatable bonds is 6. The van der Waals surface area contributed by atoms with Crippen molar-refractivity contribution >= 4 is 15.7 Å². The first-order chi connectivity index (χ1) is 8.74. The van der Waals surface area contributed by atoms with Gasteiger partial charge in [-0.15, -0.1) is 0 Å². The van der Waals surface area contributed by atoms with Crippen LogP contribution in [0.5, 0.6) is 0 Å². The van der Waals surface area contributed by atoms with Crippen molar-refractivity contribution in [2.45, 2.75) is 40.3 Å². The van der Waals surface area contributed by atoms with Crippen LogP contribution in [0, 0.1) is 5.92 Å². The smallest absolute Gasteiger partial charge is 0.214 e. The van der Waals surface area contributed by atoms with E-state index in [1.165, 1.54) is 4.31 Å². The van der Waals surface area contributed by atoms with Gasteiger partial charge in [-0.25, -0.2) is 8.42 Å². The van der Waals surface area contributed by atoms with Gasteiger partial charge in [-0.2, -0.15) is 4.31 Å². The number of nitrogen functional groups attached to an aromatic ring is 1. The molecular formula is C14H24N2O2S. The third-order valence-electron chi connectivity index (χ3n) is 2.86. The van der Waals surface area contributed by atoms with Gasteiger partial charge < -0.3 is 5.73 Å². The van der Waals surface area contributed by atoms with E-state index in [-0.39, 0.29) is 17.7 Å². The van der Waals surface area contributed by atoms with Crippen LogP contribution in [0.3, 0.4) is 0 Å². The maximum Gasteiger partial charge on any atom is 0.214 e. The summed E-state index contributed by atoms with van der Waals surface area (Å²) < 4.78 is 26.3. The summed E-state index contributed by atoms with van der Waals surface area (Å²) in [6.45, 7) is 7.92. The molecule has 19 heavy (non-hydrogen) atoms. The standard InChI is InChI=1S/C14H24N2O2S/c1-11(2)10-19(17,18)16(12(3)4)9-13-7-5-6-8-14(13)15/h5-8,11-12H,9-10,15H2,1-4H3. The fourth-order valence-electron chi connectivity index (χ4n) is 1.97. The molecule has 0 spiro atoms. The Kier molecular flexibility index (Phi) is 5.38. The predicted octanol–water partition coefficient (Wildman–Crippen LogP) is 2.47. The van der Waals surface area contributed by atoms with Gasteiger partial charge in [0, 0.05) is 18.3 Å². The highest BCUT2D eigenvalue weighted by atomic mass is 32.2.